The first kappa shape index (κ1) is 10.1. The van der Waals surface area contributed by atoms with Crippen LogP contribution in [0.1, 0.15) is 23.0 Å². The van der Waals surface area contributed by atoms with Crippen molar-refractivity contribution in [2.24, 2.45) is 0 Å². The predicted molar refractivity (Wildman–Crippen MR) is 54.4 cm³/mol. The Kier molecular flexibility index (Phi) is 4.89. The number of hydrogen-bond donors (Lipinski definition) is 0. The molecule has 0 N–H and O–H groups in total. The van der Waals surface area contributed by atoms with Crippen molar-refractivity contribution in [2.75, 3.05) is 0 Å². The van der Waals surface area contributed by atoms with Gasteiger partial charge in [-0.1, -0.05) is 13.0 Å². The third-order valence-electron chi connectivity index (χ3n) is 1.12. The summed E-state index contributed by atoms with van der Waals surface area (Å²) in [4.78, 5) is 11.8. The molecular weight excluding hydrogens is 259 g/mol. The smallest absolute Gasteiger partial charge is 0.172 e. The summed E-state index contributed by atoms with van der Waals surface area (Å²) in [5.41, 5.74) is 0. The van der Waals surface area contributed by atoms with Crippen molar-refractivity contribution in [1.82, 2.24) is 0 Å². The summed E-state index contributed by atoms with van der Waals surface area (Å²) in [7, 11) is 0. The van der Waals surface area contributed by atoms with E-state index in [1.54, 1.807) is 0 Å². The van der Waals surface area contributed by atoms with Crippen LogP contribution in [-0.4, -0.2) is 5.78 Å². The largest absolute Gasteiger partial charge is 0.293 e. The van der Waals surface area contributed by atoms with Gasteiger partial charge in [0.25, 0.3) is 0 Å². The average Bonchev–Trinajstić information content (AvgIpc) is 2.37. The number of carbonyl (C=O) groups excluding carboxylic acids is 1. The van der Waals surface area contributed by atoms with Crippen LogP contribution in [0.15, 0.2) is 17.5 Å². The van der Waals surface area contributed by atoms with Crippen molar-refractivity contribution in [2.45, 2.75) is 13.3 Å². The fourth-order valence-corrected chi connectivity index (χ4v) is 1.35. The molecule has 0 saturated carbocycles. The van der Waals surface area contributed by atoms with Gasteiger partial charge in [0.05, 0.1) is 4.88 Å². The van der Waals surface area contributed by atoms with Crippen molar-refractivity contribution in [3.63, 3.8) is 0 Å². The first-order valence-corrected chi connectivity index (χ1v) is 3.79. The van der Waals surface area contributed by atoms with E-state index in [0.717, 1.165) is 4.88 Å². The van der Waals surface area contributed by atoms with Crippen molar-refractivity contribution < 1.29 is 4.79 Å². The van der Waals surface area contributed by atoms with Gasteiger partial charge >= 0.3 is 0 Å². The van der Waals surface area contributed by atoms with Crippen molar-refractivity contribution in [3.8, 4) is 0 Å². The van der Waals surface area contributed by atoms with E-state index in [4.69, 9.17) is 0 Å². The molecule has 10 heavy (non-hydrogen) atoms. The SMILES string of the molecule is CCC(=O)c1cccs1.I. The van der Waals surface area contributed by atoms with Crippen LogP contribution in [0.5, 0.6) is 0 Å². The van der Waals surface area contributed by atoms with Gasteiger partial charge in [-0.15, -0.1) is 35.3 Å². The van der Waals surface area contributed by atoms with E-state index in [-0.39, 0.29) is 29.8 Å². The number of carbonyl (C=O) groups is 1. The third-order valence-corrected chi connectivity index (χ3v) is 2.03. The molecule has 0 aliphatic heterocycles. The second-order valence-electron chi connectivity index (χ2n) is 1.75. The van der Waals surface area contributed by atoms with Gasteiger partial charge in [-0.05, 0) is 11.4 Å². The lowest BCUT2D eigenvalue weighted by Gasteiger charge is -1.86. The van der Waals surface area contributed by atoms with Crippen LogP contribution in [0.2, 0.25) is 0 Å². The Morgan fingerprint density at radius 3 is 2.80 bits per heavy atom. The number of Topliss-reactive ketones (excluding diaryl/α,β-unsaturated/α-hetero) is 1. The van der Waals surface area contributed by atoms with Crippen molar-refractivity contribution in [3.05, 3.63) is 22.4 Å². The lowest BCUT2D eigenvalue weighted by Crippen LogP contribution is -1.90. The Hall–Kier alpha value is 0.1000. The van der Waals surface area contributed by atoms with Gasteiger partial charge < -0.3 is 0 Å². The van der Waals surface area contributed by atoms with E-state index in [0.29, 0.717) is 6.42 Å². The average molecular weight is 268 g/mol. The molecule has 0 aromatic carbocycles. The minimum absolute atomic E-state index is 0. The topological polar surface area (TPSA) is 17.1 Å². The van der Waals surface area contributed by atoms with Gasteiger partial charge in [-0.3, -0.25) is 4.79 Å². The molecule has 0 amide bonds. The highest BCUT2D eigenvalue weighted by Crippen LogP contribution is 2.10. The highest BCUT2D eigenvalue weighted by atomic mass is 127. The number of ketones is 1. The van der Waals surface area contributed by atoms with E-state index < -0.39 is 0 Å². The molecular formula is C7H9IOS. The molecule has 1 heterocycles. The predicted octanol–water partition coefficient (Wildman–Crippen LogP) is 2.96. The molecule has 0 aliphatic carbocycles. The standard InChI is InChI=1S/C7H8OS.HI/c1-2-6(8)7-4-3-5-9-7;/h3-5H,2H2,1H3;1H. The van der Waals surface area contributed by atoms with Crippen LogP contribution in [-0.2, 0) is 0 Å². The maximum Gasteiger partial charge on any atom is 0.172 e. The van der Waals surface area contributed by atoms with E-state index >= 15 is 0 Å². The molecule has 1 aromatic heterocycles. The molecule has 1 rings (SSSR count). The lowest BCUT2D eigenvalue weighted by molar-refractivity contribution is 0.0992. The fraction of sp³-hybridized carbons (Fsp3) is 0.286. The maximum atomic E-state index is 10.9. The number of thiophene rings is 1. The Morgan fingerprint density at radius 1 is 1.70 bits per heavy atom. The summed E-state index contributed by atoms with van der Waals surface area (Å²) in [5, 5.41) is 1.92. The van der Waals surface area contributed by atoms with E-state index in [9.17, 15) is 4.79 Å². The fourth-order valence-electron chi connectivity index (χ4n) is 0.611. The van der Waals surface area contributed by atoms with E-state index in [2.05, 4.69) is 0 Å². The Balaban J connectivity index is 0.000000810. The zero-order valence-electron chi connectivity index (χ0n) is 5.66. The monoisotopic (exact) mass is 268 g/mol. The normalized spacial score (nSPS) is 8.50. The summed E-state index contributed by atoms with van der Waals surface area (Å²) in [6.07, 6.45) is 0.612. The van der Waals surface area contributed by atoms with Gasteiger partial charge in [-0.25, -0.2) is 0 Å². The first-order chi connectivity index (χ1) is 4.34. The molecule has 0 fully saturated rings. The highest BCUT2D eigenvalue weighted by Gasteiger charge is 2.00. The molecule has 0 unspecified atom stereocenters. The highest BCUT2D eigenvalue weighted by molar-refractivity contribution is 14.0. The van der Waals surface area contributed by atoms with E-state index in [1.165, 1.54) is 11.3 Å². The number of hydrogen-bond acceptors (Lipinski definition) is 2. The molecule has 0 spiro atoms. The third kappa shape index (κ3) is 2.38. The molecule has 0 atom stereocenters. The molecule has 0 aliphatic rings. The minimum atomic E-state index is 0. The number of halogens is 1. The van der Waals surface area contributed by atoms with Gasteiger partial charge in [0, 0.05) is 6.42 Å². The van der Waals surface area contributed by atoms with E-state index in [1.807, 2.05) is 24.4 Å². The van der Waals surface area contributed by atoms with Gasteiger partial charge in [0.2, 0.25) is 0 Å². The van der Waals surface area contributed by atoms with Gasteiger partial charge in [-0.2, -0.15) is 0 Å². The Morgan fingerprint density at radius 2 is 2.40 bits per heavy atom. The van der Waals surface area contributed by atoms with Crippen LogP contribution in [0, 0.1) is 0 Å². The minimum Gasteiger partial charge on any atom is -0.293 e. The van der Waals surface area contributed by atoms with Crippen molar-refractivity contribution >= 4 is 41.1 Å². The Labute approximate surface area is 81.5 Å². The molecule has 56 valence electrons. The first-order valence-electron chi connectivity index (χ1n) is 2.91. The summed E-state index contributed by atoms with van der Waals surface area (Å²) in [6.45, 7) is 1.88. The van der Waals surface area contributed by atoms with Crippen LogP contribution in [0.3, 0.4) is 0 Å². The zero-order chi connectivity index (χ0) is 6.69. The van der Waals surface area contributed by atoms with Crippen LogP contribution >= 0.6 is 35.3 Å². The molecule has 1 nitrogen and oxygen atoms in total. The summed E-state index contributed by atoms with van der Waals surface area (Å²) >= 11 is 1.51. The second-order valence-corrected chi connectivity index (χ2v) is 2.70. The molecule has 0 radical (unpaired) electrons. The summed E-state index contributed by atoms with van der Waals surface area (Å²) < 4.78 is 0. The van der Waals surface area contributed by atoms with Crippen LogP contribution < -0.4 is 0 Å². The van der Waals surface area contributed by atoms with Crippen LogP contribution in [0.25, 0.3) is 0 Å². The quantitative estimate of drug-likeness (QED) is 0.595. The van der Waals surface area contributed by atoms with Gasteiger partial charge in [0.15, 0.2) is 5.78 Å². The van der Waals surface area contributed by atoms with Crippen LogP contribution in [0.4, 0.5) is 0 Å². The summed E-state index contributed by atoms with van der Waals surface area (Å²) in [5.74, 6) is 0.241. The molecule has 1 aromatic rings. The molecule has 0 bridgehead atoms. The zero-order valence-corrected chi connectivity index (χ0v) is 8.81. The number of rotatable bonds is 2. The maximum absolute atomic E-state index is 10.9. The second kappa shape index (κ2) is 4.85. The molecule has 3 heteroatoms. The Bertz CT molecular complexity index is 193. The summed E-state index contributed by atoms with van der Waals surface area (Å²) in [6, 6.07) is 3.75. The van der Waals surface area contributed by atoms with Crippen molar-refractivity contribution in [1.29, 1.82) is 0 Å². The lowest BCUT2D eigenvalue weighted by atomic mass is 10.3. The molecule has 0 saturated heterocycles. The van der Waals surface area contributed by atoms with Gasteiger partial charge in [0.1, 0.15) is 0 Å².